The van der Waals surface area contributed by atoms with E-state index in [4.69, 9.17) is 0 Å². The van der Waals surface area contributed by atoms with Crippen LogP contribution in [0.2, 0.25) is 18.0 Å². The number of rotatable bonds is 4. The Bertz CT molecular complexity index is 476. The molecule has 6 aliphatic carbocycles. The second-order valence-corrected chi connectivity index (χ2v) is 11.4. The van der Waals surface area contributed by atoms with Crippen molar-refractivity contribution in [2.75, 3.05) is 0 Å². The Morgan fingerprint density at radius 1 is 0.833 bits per heavy atom. The van der Waals surface area contributed by atoms with E-state index in [9.17, 15) is 0 Å². The highest BCUT2D eigenvalue weighted by Crippen LogP contribution is 2.69. The predicted octanol–water partition coefficient (Wildman–Crippen LogP) is 6.81. The number of hydrogen-bond donors (Lipinski definition) is 0. The molecule has 134 valence electrons. The van der Waals surface area contributed by atoms with E-state index in [2.05, 4.69) is 54.2 Å². The number of hydrogen-bond acceptors (Lipinski definition) is 0. The van der Waals surface area contributed by atoms with E-state index in [1.807, 2.05) is 0 Å². The quantitative estimate of drug-likeness (QED) is 0.393. The maximum absolute atomic E-state index is 4.16. The summed E-state index contributed by atoms with van der Waals surface area (Å²) in [7, 11) is 0. The minimum atomic E-state index is 0.622. The van der Waals surface area contributed by atoms with Crippen molar-refractivity contribution in [1.82, 2.24) is 0 Å². The third-order valence-corrected chi connectivity index (χ3v) is 10.4. The van der Waals surface area contributed by atoms with Crippen LogP contribution in [0.5, 0.6) is 0 Å². The molecule has 0 aliphatic heterocycles. The van der Waals surface area contributed by atoms with Crippen molar-refractivity contribution >= 4 is 6.71 Å². The molecular formula is C23H39B. The Hall–Kier alpha value is -0.195. The lowest BCUT2D eigenvalue weighted by molar-refractivity contribution is -0.107. The number of allylic oxidation sites excluding steroid dienone is 1. The van der Waals surface area contributed by atoms with Crippen LogP contribution in [0.4, 0.5) is 0 Å². The zero-order chi connectivity index (χ0) is 17.4. The Morgan fingerprint density at radius 3 is 1.54 bits per heavy atom. The van der Waals surface area contributed by atoms with Crippen LogP contribution >= 0.6 is 0 Å². The highest BCUT2D eigenvalue weighted by Gasteiger charge is 2.61. The fourth-order valence-electron chi connectivity index (χ4n) is 8.37. The molecule has 0 aromatic carbocycles. The first kappa shape index (κ1) is 17.2. The molecule has 0 radical (unpaired) electrons. The molecule has 8 atom stereocenters. The zero-order valence-corrected chi connectivity index (χ0v) is 17.0. The first-order chi connectivity index (χ1) is 11.2. The molecule has 6 saturated carbocycles. The van der Waals surface area contributed by atoms with Gasteiger partial charge in [0.25, 0.3) is 0 Å². The van der Waals surface area contributed by atoms with E-state index in [0.29, 0.717) is 10.8 Å². The Balaban J connectivity index is 1.55. The average molecular weight is 326 g/mol. The van der Waals surface area contributed by atoms with E-state index >= 15 is 0 Å². The molecule has 0 amide bonds. The summed E-state index contributed by atoms with van der Waals surface area (Å²) in [4.78, 5) is 0. The van der Waals surface area contributed by atoms with Crippen molar-refractivity contribution in [3.05, 3.63) is 12.7 Å². The van der Waals surface area contributed by atoms with Crippen LogP contribution in [0.1, 0.15) is 67.2 Å². The molecule has 0 aromatic rings. The van der Waals surface area contributed by atoms with Crippen LogP contribution in [-0.2, 0) is 0 Å². The van der Waals surface area contributed by atoms with E-state index < -0.39 is 0 Å². The van der Waals surface area contributed by atoms with Crippen LogP contribution in [0.25, 0.3) is 0 Å². The molecule has 4 bridgehead atoms. The summed E-state index contributed by atoms with van der Waals surface area (Å²) in [5.74, 6) is 7.75. The standard InChI is InChI=1S/C23H39B/c1-8-9-24(20-12-16-10-18(14(20)2)22(16,4)5)21-13-17-11-19(15(21)3)23(17,6)7/h8,14-21H,1,9-13H2,2-7H3/t14-,15-,16?,17?,18?,19?,20+,21+/m0/s1. The molecule has 6 aliphatic rings. The summed E-state index contributed by atoms with van der Waals surface area (Å²) in [5.41, 5.74) is 1.24. The van der Waals surface area contributed by atoms with Gasteiger partial charge in [-0.15, -0.1) is 6.58 Å². The fourth-order valence-corrected chi connectivity index (χ4v) is 8.37. The Labute approximate surface area is 151 Å². The van der Waals surface area contributed by atoms with Crippen molar-refractivity contribution in [2.45, 2.75) is 85.2 Å². The van der Waals surface area contributed by atoms with Gasteiger partial charge in [0.2, 0.25) is 0 Å². The molecule has 6 rings (SSSR count). The lowest BCUT2D eigenvalue weighted by atomic mass is 9.20. The van der Waals surface area contributed by atoms with Crippen LogP contribution in [-0.4, -0.2) is 6.71 Å². The molecule has 0 aromatic heterocycles. The van der Waals surface area contributed by atoms with Crippen molar-refractivity contribution in [2.24, 2.45) is 46.3 Å². The van der Waals surface area contributed by atoms with E-state index in [0.717, 1.165) is 53.9 Å². The largest absolute Gasteiger partial charge is 0.150 e. The summed E-state index contributed by atoms with van der Waals surface area (Å²) in [6.07, 6.45) is 9.56. The maximum atomic E-state index is 4.16. The van der Waals surface area contributed by atoms with E-state index in [-0.39, 0.29) is 0 Å². The highest BCUT2D eigenvalue weighted by molar-refractivity contribution is 6.62. The number of fused-ring (bicyclic) bond motifs is 4. The average Bonchev–Trinajstić information content (AvgIpc) is 2.52. The van der Waals surface area contributed by atoms with E-state index in [1.54, 1.807) is 0 Å². The van der Waals surface area contributed by atoms with Crippen LogP contribution in [0, 0.1) is 46.3 Å². The van der Waals surface area contributed by atoms with Crippen LogP contribution < -0.4 is 0 Å². The molecule has 0 nitrogen and oxygen atoms in total. The molecule has 1 heteroatoms. The van der Waals surface area contributed by atoms with Crippen LogP contribution in [0.15, 0.2) is 12.7 Å². The third kappa shape index (κ3) is 2.11. The first-order valence-corrected chi connectivity index (χ1v) is 10.8. The van der Waals surface area contributed by atoms with Crippen molar-refractivity contribution in [3.63, 3.8) is 0 Å². The zero-order valence-electron chi connectivity index (χ0n) is 17.0. The molecule has 0 saturated heterocycles. The molecule has 0 spiro atoms. The van der Waals surface area contributed by atoms with Gasteiger partial charge in [-0.05, 0) is 59.2 Å². The normalized spacial score (nSPS) is 50.4. The Morgan fingerprint density at radius 2 is 1.25 bits per heavy atom. The topological polar surface area (TPSA) is 0 Å². The first-order valence-electron chi connectivity index (χ1n) is 10.8. The molecule has 0 heterocycles. The second-order valence-electron chi connectivity index (χ2n) is 11.4. The Kier molecular flexibility index (Phi) is 3.88. The summed E-state index contributed by atoms with van der Waals surface area (Å²) >= 11 is 0. The molecule has 6 fully saturated rings. The molecule has 4 unspecified atom stereocenters. The summed E-state index contributed by atoms with van der Waals surface area (Å²) < 4.78 is 0. The van der Waals surface area contributed by atoms with Crippen molar-refractivity contribution in [3.8, 4) is 0 Å². The lowest BCUT2D eigenvalue weighted by Crippen LogP contribution is -2.59. The van der Waals surface area contributed by atoms with Crippen LogP contribution in [0.3, 0.4) is 0 Å². The SMILES string of the molecule is C=CCB([C@@H]1CC2CC([C@@H]1C)C2(C)C)[C@@H]1CC2CC([C@@H]1C)C2(C)C. The minimum absolute atomic E-state index is 0.622. The van der Waals surface area contributed by atoms with Gasteiger partial charge in [0.15, 0.2) is 6.71 Å². The van der Waals surface area contributed by atoms with Gasteiger partial charge in [0.05, 0.1) is 0 Å². The van der Waals surface area contributed by atoms with Gasteiger partial charge in [-0.1, -0.05) is 78.4 Å². The van der Waals surface area contributed by atoms with Gasteiger partial charge < -0.3 is 0 Å². The van der Waals surface area contributed by atoms with Crippen molar-refractivity contribution < 1.29 is 0 Å². The molecular weight excluding hydrogens is 287 g/mol. The molecule has 0 N–H and O–H groups in total. The fraction of sp³-hybridized carbons (Fsp3) is 0.913. The summed E-state index contributed by atoms with van der Waals surface area (Å²) in [6.45, 7) is 20.4. The van der Waals surface area contributed by atoms with Gasteiger partial charge in [-0.2, -0.15) is 0 Å². The second kappa shape index (κ2) is 5.40. The monoisotopic (exact) mass is 326 g/mol. The lowest BCUT2D eigenvalue weighted by Gasteiger charge is -2.66. The van der Waals surface area contributed by atoms with Crippen molar-refractivity contribution in [1.29, 1.82) is 0 Å². The summed E-state index contributed by atoms with van der Waals surface area (Å²) in [5, 5.41) is 0. The van der Waals surface area contributed by atoms with E-state index in [1.165, 1.54) is 32.0 Å². The maximum Gasteiger partial charge on any atom is 0.150 e. The smallest absolute Gasteiger partial charge is 0.104 e. The van der Waals surface area contributed by atoms with Gasteiger partial charge in [0.1, 0.15) is 0 Å². The van der Waals surface area contributed by atoms with Gasteiger partial charge in [-0.25, -0.2) is 0 Å². The molecule has 24 heavy (non-hydrogen) atoms. The highest BCUT2D eigenvalue weighted by atomic mass is 14.6. The minimum Gasteiger partial charge on any atom is -0.104 e. The third-order valence-electron chi connectivity index (χ3n) is 10.4. The van der Waals surface area contributed by atoms with Gasteiger partial charge >= 0.3 is 0 Å². The van der Waals surface area contributed by atoms with Gasteiger partial charge in [-0.3, -0.25) is 0 Å². The predicted molar refractivity (Wildman–Crippen MR) is 107 cm³/mol. The van der Waals surface area contributed by atoms with Gasteiger partial charge in [0, 0.05) is 0 Å². The summed E-state index contributed by atoms with van der Waals surface area (Å²) in [6, 6.07) is 0.